The minimum atomic E-state index is -0.452. The smallest absolute Gasteiger partial charge is 0.269 e. The quantitative estimate of drug-likeness (QED) is 0.440. The van der Waals surface area contributed by atoms with Crippen molar-refractivity contribution in [1.82, 2.24) is 5.32 Å². The lowest BCUT2D eigenvalue weighted by atomic mass is 9.74. The van der Waals surface area contributed by atoms with E-state index < -0.39 is 4.92 Å². The first kappa shape index (κ1) is 20.5. The van der Waals surface area contributed by atoms with Crippen LogP contribution in [0.25, 0.3) is 6.08 Å². The number of nitrogens with zero attached hydrogens (tertiary/aromatic N) is 1. The lowest BCUT2D eigenvalue weighted by Crippen LogP contribution is -2.44. The summed E-state index contributed by atoms with van der Waals surface area (Å²) >= 11 is 0. The van der Waals surface area contributed by atoms with E-state index in [1.54, 1.807) is 25.3 Å². The van der Waals surface area contributed by atoms with E-state index in [9.17, 15) is 14.9 Å². The Morgan fingerprint density at radius 2 is 1.83 bits per heavy atom. The number of non-ortho nitro benzene ring substituents is 1. The van der Waals surface area contributed by atoms with Crippen molar-refractivity contribution in [1.29, 1.82) is 0 Å². The van der Waals surface area contributed by atoms with Gasteiger partial charge in [0.05, 0.1) is 12.0 Å². The number of carbonyl (C=O) groups is 1. The van der Waals surface area contributed by atoms with E-state index in [2.05, 4.69) is 5.32 Å². The Labute approximate surface area is 169 Å². The fourth-order valence-corrected chi connectivity index (χ4v) is 3.47. The predicted molar refractivity (Wildman–Crippen MR) is 110 cm³/mol. The SMILES string of the molecule is COc1ccc(C2(CNC(=O)/C=C/c3ccc([N+](=O)[O-])cc3)CCOCC2)cc1. The van der Waals surface area contributed by atoms with Crippen LogP contribution in [0.5, 0.6) is 5.75 Å². The molecule has 0 unspecified atom stereocenters. The number of benzene rings is 2. The zero-order valence-electron chi connectivity index (χ0n) is 16.3. The van der Waals surface area contributed by atoms with Crippen LogP contribution in [0.1, 0.15) is 24.0 Å². The molecule has 1 aliphatic rings. The number of nitro groups is 1. The fourth-order valence-electron chi connectivity index (χ4n) is 3.47. The van der Waals surface area contributed by atoms with Gasteiger partial charge in [0, 0.05) is 43.4 Å². The second-order valence-electron chi connectivity index (χ2n) is 7.02. The molecule has 1 aliphatic heterocycles. The summed E-state index contributed by atoms with van der Waals surface area (Å²) in [6.07, 6.45) is 4.74. The number of hydrogen-bond donors (Lipinski definition) is 1. The first-order chi connectivity index (χ1) is 14.0. The summed E-state index contributed by atoms with van der Waals surface area (Å²) in [7, 11) is 1.64. The van der Waals surface area contributed by atoms with Crippen LogP contribution in [0.2, 0.25) is 0 Å². The van der Waals surface area contributed by atoms with Gasteiger partial charge in [0.25, 0.3) is 5.69 Å². The number of nitrogens with one attached hydrogen (secondary N) is 1. The van der Waals surface area contributed by atoms with Gasteiger partial charge in [0.2, 0.25) is 5.91 Å². The van der Waals surface area contributed by atoms with Crippen molar-refractivity contribution in [2.45, 2.75) is 18.3 Å². The number of methoxy groups -OCH3 is 1. The molecular formula is C22H24N2O5. The van der Waals surface area contributed by atoms with E-state index in [0.717, 1.165) is 29.7 Å². The second-order valence-corrected chi connectivity index (χ2v) is 7.02. The maximum absolute atomic E-state index is 12.4. The largest absolute Gasteiger partial charge is 0.497 e. The van der Waals surface area contributed by atoms with Crippen LogP contribution in [-0.4, -0.2) is 37.7 Å². The van der Waals surface area contributed by atoms with Gasteiger partial charge in [0.1, 0.15) is 5.75 Å². The highest BCUT2D eigenvalue weighted by atomic mass is 16.6. The molecule has 1 heterocycles. The topological polar surface area (TPSA) is 90.7 Å². The highest BCUT2D eigenvalue weighted by Crippen LogP contribution is 2.35. The molecule has 2 aromatic rings. The normalized spacial score (nSPS) is 15.8. The Hall–Kier alpha value is -3.19. The van der Waals surface area contributed by atoms with Crippen molar-refractivity contribution in [3.8, 4) is 5.75 Å². The summed E-state index contributed by atoms with van der Waals surface area (Å²) in [5.41, 5.74) is 1.72. The molecule has 29 heavy (non-hydrogen) atoms. The second kappa shape index (κ2) is 9.34. The highest BCUT2D eigenvalue weighted by molar-refractivity contribution is 5.91. The summed E-state index contributed by atoms with van der Waals surface area (Å²) in [6.45, 7) is 1.81. The molecule has 0 spiro atoms. The van der Waals surface area contributed by atoms with Crippen LogP contribution in [0.3, 0.4) is 0 Å². The van der Waals surface area contributed by atoms with Crippen molar-refractivity contribution in [3.63, 3.8) is 0 Å². The summed E-state index contributed by atoms with van der Waals surface area (Å²) in [5, 5.41) is 13.7. The van der Waals surface area contributed by atoms with Gasteiger partial charge >= 0.3 is 0 Å². The summed E-state index contributed by atoms with van der Waals surface area (Å²) in [6, 6.07) is 14.0. The molecule has 0 atom stereocenters. The van der Waals surface area contributed by atoms with Crippen LogP contribution in [0.4, 0.5) is 5.69 Å². The zero-order chi connectivity index (χ0) is 20.7. The monoisotopic (exact) mass is 396 g/mol. The van der Waals surface area contributed by atoms with Gasteiger partial charge in [-0.1, -0.05) is 12.1 Å². The first-order valence-electron chi connectivity index (χ1n) is 9.45. The third kappa shape index (κ3) is 5.20. The molecule has 7 heteroatoms. The number of carbonyl (C=O) groups excluding carboxylic acids is 1. The number of nitro benzene ring substituents is 1. The minimum Gasteiger partial charge on any atom is -0.497 e. The molecule has 0 saturated carbocycles. The molecule has 2 aromatic carbocycles. The van der Waals surface area contributed by atoms with Gasteiger partial charge in [-0.25, -0.2) is 0 Å². The highest BCUT2D eigenvalue weighted by Gasteiger charge is 2.34. The molecule has 1 amide bonds. The first-order valence-corrected chi connectivity index (χ1v) is 9.45. The van der Waals surface area contributed by atoms with Gasteiger partial charge in [-0.3, -0.25) is 14.9 Å². The van der Waals surface area contributed by atoms with E-state index in [0.29, 0.717) is 19.8 Å². The van der Waals surface area contributed by atoms with E-state index in [4.69, 9.17) is 9.47 Å². The third-order valence-electron chi connectivity index (χ3n) is 5.28. The maximum atomic E-state index is 12.4. The van der Waals surface area contributed by atoms with E-state index in [1.165, 1.54) is 18.2 Å². The molecular weight excluding hydrogens is 372 g/mol. The molecule has 1 N–H and O–H groups in total. The lowest BCUT2D eigenvalue weighted by Gasteiger charge is -2.38. The van der Waals surface area contributed by atoms with E-state index in [1.807, 2.05) is 24.3 Å². The van der Waals surface area contributed by atoms with Crippen molar-refractivity contribution >= 4 is 17.7 Å². The Kier molecular flexibility index (Phi) is 6.61. The Balaban J connectivity index is 1.65. The molecule has 152 valence electrons. The van der Waals surface area contributed by atoms with Crippen molar-refractivity contribution in [2.75, 3.05) is 26.9 Å². The lowest BCUT2D eigenvalue weighted by molar-refractivity contribution is -0.384. The number of amides is 1. The maximum Gasteiger partial charge on any atom is 0.269 e. The molecule has 0 aromatic heterocycles. The van der Waals surface area contributed by atoms with Crippen molar-refractivity contribution in [2.24, 2.45) is 0 Å². The zero-order valence-corrected chi connectivity index (χ0v) is 16.3. The summed E-state index contributed by atoms with van der Waals surface area (Å²) in [4.78, 5) is 22.6. The number of rotatable bonds is 7. The Morgan fingerprint density at radius 3 is 2.41 bits per heavy atom. The standard InChI is InChI=1S/C22H24N2O5/c1-28-20-9-5-18(6-10-20)22(12-14-29-15-13-22)16-23-21(25)11-4-17-2-7-19(8-3-17)24(26)27/h2-11H,12-16H2,1H3,(H,23,25)/b11-4+. The van der Waals surface area contributed by atoms with Crippen LogP contribution >= 0.6 is 0 Å². The molecule has 1 saturated heterocycles. The minimum absolute atomic E-state index is 0.0209. The van der Waals surface area contributed by atoms with Gasteiger partial charge in [-0.05, 0) is 54.3 Å². The van der Waals surface area contributed by atoms with Crippen molar-refractivity contribution in [3.05, 3.63) is 75.8 Å². The fraction of sp³-hybridized carbons (Fsp3) is 0.318. The molecule has 3 rings (SSSR count). The summed E-state index contributed by atoms with van der Waals surface area (Å²) < 4.78 is 10.8. The van der Waals surface area contributed by atoms with Gasteiger partial charge in [-0.15, -0.1) is 0 Å². The third-order valence-corrected chi connectivity index (χ3v) is 5.28. The van der Waals surface area contributed by atoms with E-state index >= 15 is 0 Å². The van der Waals surface area contributed by atoms with Gasteiger partial charge in [0.15, 0.2) is 0 Å². The molecule has 0 aliphatic carbocycles. The summed E-state index contributed by atoms with van der Waals surface area (Å²) in [5.74, 6) is 0.591. The predicted octanol–water partition coefficient (Wildman–Crippen LogP) is 3.48. The average molecular weight is 396 g/mol. The molecule has 0 radical (unpaired) electrons. The molecule has 1 fully saturated rings. The Morgan fingerprint density at radius 1 is 1.17 bits per heavy atom. The average Bonchev–Trinajstić information content (AvgIpc) is 2.77. The number of ether oxygens (including phenoxy) is 2. The van der Waals surface area contributed by atoms with Crippen molar-refractivity contribution < 1.29 is 19.2 Å². The van der Waals surface area contributed by atoms with E-state index in [-0.39, 0.29) is 17.0 Å². The molecule has 7 nitrogen and oxygen atoms in total. The van der Waals surface area contributed by atoms with Gasteiger partial charge in [-0.2, -0.15) is 0 Å². The van der Waals surface area contributed by atoms with Crippen LogP contribution < -0.4 is 10.1 Å². The van der Waals surface area contributed by atoms with Gasteiger partial charge < -0.3 is 14.8 Å². The van der Waals surface area contributed by atoms with Crippen LogP contribution in [0.15, 0.2) is 54.6 Å². The van der Waals surface area contributed by atoms with Crippen LogP contribution in [-0.2, 0) is 14.9 Å². The Bertz CT molecular complexity index is 869. The van der Waals surface area contributed by atoms with Crippen LogP contribution in [0, 0.1) is 10.1 Å². The molecule has 0 bridgehead atoms. The number of hydrogen-bond acceptors (Lipinski definition) is 5.